The number of para-hydroxylation sites is 1. The Morgan fingerprint density at radius 2 is 1.57 bits per heavy atom. The van der Waals surface area contributed by atoms with Crippen LogP contribution in [-0.4, -0.2) is 21.1 Å². The fraction of sp³-hybridized carbons (Fsp3) is 0.0625. The second-order valence-electron chi connectivity index (χ2n) is 4.33. The van der Waals surface area contributed by atoms with Gasteiger partial charge in [0.2, 0.25) is 0 Å². The molecule has 0 amide bonds. The van der Waals surface area contributed by atoms with Crippen molar-refractivity contribution in [1.82, 2.24) is 15.0 Å². The van der Waals surface area contributed by atoms with E-state index in [0.717, 1.165) is 16.9 Å². The van der Waals surface area contributed by atoms with E-state index in [2.05, 4.69) is 41.5 Å². The van der Waals surface area contributed by atoms with Crippen LogP contribution in [0.15, 0.2) is 60.8 Å². The molecular formula is C16H13N3O2. The lowest BCUT2D eigenvalue weighted by molar-refractivity contribution is -0.191. The van der Waals surface area contributed by atoms with Crippen LogP contribution in [0.4, 0.5) is 0 Å². The van der Waals surface area contributed by atoms with E-state index in [-0.39, 0.29) is 6.15 Å². The summed E-state index contributed by atoms with van der Waals surface area (Å²) in [5.41, 5.74) is 4.24. The standard InChI is InChI=1S/C15H13N3.CO2/c1-12-7-9-13(10-8-12)15-11-18(17-16-15)14-5-3-2-4-6-14;2-1-3/h2-11H,1H3;. The minimum atomic E-state index is 0.250. The minimum absolute atomic E-state index is 0.250. The van der Waals surface area contributed by atoms with Gasteiger partial charge in [0.15, 0.2) is 0 Å². The Kier molecular flexibility index (Phi) is 4.75. The van der Waals surface area contributed by atoms with Gasteiger partial charge in [-0.1, -0.05) is 53.2 Å². The van der Waals surface area contributed by atoms with Crippen LogP contribution in [0.5, 0.6) is 0 Å². The highest BCUT2D eigenvalue weighted by Crippen LogP contribution is 2.17. The van der Waals surface area contributed by atoms with Gasteiger partial charge in [0.1, 0.15) is 5.69 Å². The van der Waals surface area contributed by atoms with Crippen LogP contribution < -0.4 is 0 Å². The first-order valence-electron chi connectivity index (χ1n) is 6.28. The van der Waals surface area contributed by atoms with Crippen LogP contribution >= 0.6 is 0 Å². The molecule has 0 N–H and O–H groups in total. The largest absolute Gasteiger partial charge is 0.373 e. The Labute approximate surface area is 121 Å². The molecule has 21 heavy (non-hydrogen) atoms. The highest BCUT2D eigenvalue weighted by Gasteiger charge is 2.04. The minimum Gasteiger partial charge on any atom is -0.220 e. The number of aromatic nitrogens is 3. The maximum Gasteiger partial charge on any atom is 0.373 e. The van der Waals surface area contributed by atoms with Gasteiger partial charge >= 0.3 is 6.15 Å². The van der Waals surface area contributed by atoms with Crippen molar-refractivity contribution in [3.8, 4) is 16.9 Å². The first-order valence-corrected chi connectivity index (χ1v) is 6.28. The predicted octanol–water partition coefficient (Wildman–Crippen LogP) is 2.66. The zero-order valence-electron chi connectivity index (χ0n) is 11.4. The molecule has 3 rings (SSSR count). The normalized spacial score (nSPS) is 9.38. The second-order valence-corrected chi connectivity index (χ2v) is 4.33. The Morgan fingerprint density at radius 3 is 2.19 bits per heavy atom. The average molecular weight is 279 g/mol. The Balaban J connectivity index is 0.000000497. The van der Waals surface area contributed by atoms with Gasteiger partial charge in [0, 0.05) is 5.56 Å². The van der Waals surface area contributed by atoms with Crippen molar-refractivity contribution in [3.05, 3.63) is 66.4 Å². The molecule has 0 aliphatic heterocycles. The lowest BCUT2D eigenvalue weighted by Gasteiger charge is -1.98. The van der Waals surface area contributed by atoms with Crippen molar-refractivity contribution in [1.29, 1.82) is 0 Å². The van der Waals surface area contributed by atoms with Crippen molar-refractivity contribution < 1.29 is 9.59 Å². The van der Waals surface area contributed by atoms with E-state index in [4.69, 9.17) is 9.59 Å². The van der Waals surface area contributed by atoms with Gasteiger partial charge in [-0.25, -0.2) is 4.68 Å². The van der Waals surface area contributed by atoms with E-state index >= 15 is 0 Å². The third-order valence-electron chi connectivity index (χ3n) is 2.86. The molecule has 0 spiro atoms. The Morgan fingerprint density at radius 1 is 0.952 bits per heavy atom. The number of aryl methyl sites for hydroxylation is 1. The zero-order valence-corrected chi connectivity index (χ0v) is 11.4. The quantitative estimate of drug-likeness (QED) is 0.723. The molecule has 0 fully saturated rings. The SMILES string of the molecule is Cc1ccc(-c2cn(-c3ccccc3)nn2)cc1.O=C=O. The fourth-order valence-electron chi connectivity index (χ4n) is 1.83. The number of rotatable bonds is 2. The molecule has 0 atom stereocenters. The van der Waals surface area contributed by atoms with Crippen LogP contribution in [0.1, 0.15) is 5.56 Å². The molecule has 1 aromatic heterocycles. The average Bonchev–Trinajstić information content (AvgIpc) is 3.00. The summed E-state index contributed by atoms with van der Waals surface area (Å²) in [5.74, 6) is 0. The molecule has 3 aromatic rings. The van der Waals surface area contributed by atoms with Crippen molar-refractivity contribution in [2.75, 3.05) is 0 Å². The first-order chi connectivity index (χ1) is 10.2. The third-order valence-corrected chi connectivity index (χ3v) is 2.86. The van der Waals surface area contributed by atoms with Crippen molar-refractivity contribution in [3.63, 3.8) is 0 Å². The summed E-state index contributed by atoms with van der Waals surface area (Å²) in [4.78, 5) is 16.2. The first kappa shape index (κ1) is 14.4. The molecule has 5 nitrogen and oxygen atoms in total. The molecule has 0 aliphatic rings. The number of carbonyl (C=O) groups excluding carboxylic acids is 2. The van der Waals surface area contributed by atoms with Crippen LogP contribution in [0.2, 0.25) is 0 Å². The van der Waals surface area contributed by atoms with E-state index in [1.807, 2.05) is 36.5 Å². The van der Waals surface area contributed by atoms with E-state index in [1.165, 1.54) is 5.56 Å². The van der Waals surface area contributed by atoms with Crippen molar-refractivity contribution in [2.45, 2.75) is 6.92 Å². The van der Waals surface area contributed by atoms with E-state index < -0.39 is 0 Å². The maximum absolute atomic E-state index is 8.12. The number of nitrogens with zero attached hydrogens (tertiary/aromatic N) is 3. The van der Waals surface area contributed by atoms with Crippen LogP contribution in [0.25, 0.3) is 16.9 Å². The lowest BCUT2D eigenvalue weighted by Crippen LogP contribution is -1.93. The van der Waals surface area contributed by atoms with Gasteiger partial charge in [0.25, 0.3) is 0 Å². The van der Waals surface area contributed by atoms with Gasteiger partial charge in [-0.05, 0) is 19.1 Å². The number of hydrogen-bond acceptors (Lipinski definition) is 4. The molecule has 0 radical (unpaired) electrons. The summed E-state index contributed by atoms with van der Waals surface area (Å²) in [6.45, 7) is 2.07. The smallest absolute Gasteiger partial charge is 0.220 e. The van der Waals surface area contributed by atoms with E-state index in [9.17, 15) is 0 Å². The maximum atomic E-state index is 8.12. The fourth-order valence-corrected chi connectivity index (χ4v) is 1.83. The summed E-state index contributed by atoms with van der Waals surface area (Å²) < 4.78 is 1.79. The molecule has 0 unspecified atom stereocenters. The molecule has 0 bridgehead atoms. The number of benzene rings is 2. The molecule has 0 aliphatic carbocycles. The Hall–Kier alpha value is -3.04. The van der Waals surface area contributed by atoms with Crippen molar-refractivity contribution in [2.24, 2.45) is 0 Å². The predicted molar refractivity (Wildman–Crippen MR) is 76.5 cm³/mol. The molecule has 5 heteroatoms. The van der Waals surface area contributed by atoms with Crippen LogP contribution in [-0.2, 0) is 9.59 Å². The van der Waals surface area contributed by atoms with E-state index in [1.54, 1.807) is 4.68 Å². The van der Waals surface area contributed by atoms with Gasteiger partial charge in [0.05, 0.1) is 11.9 Å². The van der Waals surface area contributed by atoms with Gasteiger partial charge in [-0.3, -0.25) is 0 Å². The second kappa shape index (κ2) is 6.93. The molecule has 104 valence electrons. The summed E-state index contributed by atoms with van der Waals surface area (Å²) >= 11 is 0. The van der Waals surface area contributed by atoms with Gasteiger partial charge in [-0.15, -0.1) is 5.10 Å². The summed E-state index contributed by atoms with van der Waals surface area (Å²) in [5, 5.41) is 8.36. The Bertz CT molecular complexity index is 728. The molecular weight excluding hydrogens is 266 g/mol. The van der Waals surface area contributed by atoms with Crippen molar-refractivity contribution >= 4 is 6.15 Å². The lowest BCUT2D eigenvalue weighted by atomic mass is 10.1. The molecule has 0 saturated carbocycles. The highest BCUT2D eigenvalue weighted by molar-refractivity contribution is 5.58. The molecule has 0 saturated heterocycles. The highest BCUT2D eigenvalue weighted by atomic mass is 16.2. The van der Waals surface area contributed by atoms with Gasteiger partial charge < -0.3 is 0 Å². The molecule has 2 aromatic carbocycles. The van der Waals surface area contributed by atoms with Gasteiger partial charge in [-0.2, -0.15) is 9.59 Å². The van der Waals surface area contributed by atoms with E-state index in [0.29, 0.717) is 0 Å². The monoisotopic (exact) mass is 279 g/mol. The summed E-state index contributed by atoms with van der Waals surface area (Å²) in [6, 6.07) is 18.3. The third kappa shape index (κ3) is 3.72. The summed E-state index contributed by atoms with van der Waals surface area (Å²) in [6.07, 6.45) is 2.19. The zero-order chi connectivity index (χ0) is 15.1. The van der Waals surface area contributed by atoms with Crippen LogP contribution in [0, 0.1) is 6.92 Å². The van der Waals surface area contributed by atoms with Crippen LogP contribution in [0.3, 0.4) is 0 Å². The topological polar surface area (TPSA) is 64.8 Å². The summed E-state index contributed by atoms with van der Waals surface area (Å²) in [7, 11) is 0. The number of hydrogen-bond donors (Lipinski definition) is 0. The molecule has 1 heterocycles.